The van der Waals surface area contributed by atoms with Crippen molar-refractivity contribution < 1.29 is 14.0 Å². The number of piperidine rings is 1. The first-order valence-electron chi connectivity index (χ1n) is 10.1. The third-order valence-electron chi connectivity index (χ3n) is 5.31. The summed E-state index contributed by atoms with van der Waals surface area (Å²) in [5, 5.41) is 16.8. The number of nitrogens with zero attached hydrogens (tertiary/aromatic N) is 3. The Kier molecular flexibility index (Phi) is 4.91. The first kappa shape index (κ1) is 19.0. The maximum absolute atomic E-state index is 12.9. The number of fused-ring (bicyclic) bond motifs is 1. The van der Waals surface area contributed by atoms with Gasteiger partial charge < -0.3 is 20.4 Å². The van der Waals surface area contributed by atoms with Gasteiger partial charge in [-0.25, -0.2) is 4.99 Å². The average Bonchev–Trinajstić information content (AvgIpc) is 3.21. The molecule has 3 heterocycles. The van der Waals surface area contributed by atoms with E-state index < -0.39 is 6.17 Å². The number of carbonyl (C=O) groups is 2. The van der Waals surface area contributed by atoms with E-state index in [9.17, 15) is 9.59 Å². The summed E-state index contributed by atoms with van der Waals surface area (Å²) >= 11 is 0. The van der Waals surface area contributed by atoms with Crippen molar-refractivity contribution in [3.8, 4) is 0 Å². The van der Waals surface area contributed by atoms with E-state index in [1.54, 1.807) is 0 Å². The van der Waals surface area contributed by atoms with E-state index in [4.69, 9.17) is 9.41 Å². The van der Waals surface area contributed by atoms with Crippen molar-refractivity contribution in [2.75, 3.05) is 17.2 Å². The minimum absolute atomic E-state index is 0.0200. The zero-order valence-electron chi connectivity index (χ0n) is 16.5. The molecule has 0 saturated carbocycles. The summed E-state index contributed by atoms with van der Waals surface area (Å²) in [5.74, 6) is 0.0677. The second-order valence-corrected chi connectivity index (χ2v) is 7.41. The first-order chi connectivity index (χ1) is 15.2. The van der Waals surface area contributed by atoms with Gasteiger partial charge in [0, 0.05) is 24.1 Å². The molecule has 2 amide bonds. The molecule has 9 heteroatoms. The van der Waals surface area contributed by atoms with Crippen LogP contribution in [0.4, 0.5) is 11.7 Å². The van der Waals surface area contributed by atoms with Crippen molar-refractivity contribution in [1.82, 2.24) is 15.5 Å². The molecular weight excluding hydrogens is 396 g/mol. The zero-order valence-corrected chi connectivity index (χ0v) is 16.5. The van der Waals surface area contributed by atoms with Crippen molar-refractivity contribution in [3.63, 3.8) is 0 Å². The number of aliphatic imine (C=N–C) groups is 1. The second kappa shape index (κ2) is 8.02. The Balaban J connectivity index is 1.44. The molecule has 1 saturated heterocycles. The molecule has 5 rings (SSSR count). The molecule has 0 aliphatic carbocycles. The van der Waals surface area contributed by atoms with Gasteiger partial charge in [-0.15, -0.1) is 5.10 Å². The summed E-state index contributed by atoms with van der Waals surface area (Å²) in [7, 11) is 0. The van der Waals surface area contributed by atoms with E-state index in [0.717, 1.165) is 11.1 Å². The molecule has 2 aromatic carbocycles. The topological polar surface area (TPSA) is 122 Å². The summed E-state index contributed by atoms with van der Waals surface area (Å²) < 4.78 is 5.73. The number of benzene rings is 2. The minimum Gasteiger partial charge on any atom is -0.408 e. The highest BCUT2D eigenvalue weighted by Crippen LogP contribution is 2.26. The van der Waals surface area contributed by atoms with Gasteiger partial charge in [0.15, 0.2) is 0 Å². The summed E-state index contributed by atoms with van der Waals surface area (Å²) in [6.07, 6.45) is 0.106. The molecule has 2 unspecified atom stereocenters. The Hall–Kier alpha value is -4.01. The average molecular weight is 416 g/mol. The van der Waals surface area contributed by atoms with Crippen LogP contribution in [0.3, 0.4) is 0 Å². The highest BCUT2D eigenvalue weighted by molar-refractivity contribution is 6.19. The van der Waals surface area contributed by atoms with Crippen LogP contribution >= 0.6 is 0 Å². The lowest BCUT2D eigenvalue weighted by molar-refractivity contribution is -0.122. The Morgan fingerprint density at radius 2 is 1.81 bits per heavy atom. The fourth-order valence-corrected chi connectivity index (χ4v) is 3.70. The van der Waals surface area contributed by atoms with Gasteiger partial charge in [0.25, 0.3) is 5.91 Å². The Bertz CT molecular complexity index is 1150. The van der Waals surface area contributed by atoms with Gasteiger partial charge in [-0.2, -0.15) is 0 Å². The van der Waals surface area contributed by atoms with Gasteiger partial charge in [0.1, 0.15) is 0 Å². The van der Waals surface area contributed by atoms with Crippen LogP contribution in [0.15, 0.2) is 64.0 Å². The van der Waals surface area contributed by atoms with Gasteiger partial charge in [0.05, 0.1) is 17.3 Å². The predicted octanol–water partition coefficient (Wildman–Crippen LogP) is 2.29. The van der Waals surface area contributed by atoms with Gasteiger partial charge in [-0.3, -0.25) is 9.59 Å². The number of amides is 2. The van der Waals surface area contributed by atoms with Gasteiger partial charge in [-0.1, -0.05) is 53.6 Å². The van der Waals surface area contributed by atoms with Crippen molar-refractivity contribution in [3.05, 3.63) is 71.6 Å². The van der Waals surface area contributed by atoms with Crippen LogP contribution in [0.2, 0.25) is 0 Å². The molecule has 0 spiro atoms. The van der Waals surface area contributed by atoms with Gasteiger partial charge in [0.2, 0.25) is 18.0 Å². The molecule has 2 aliphatic heterocycles. The van der Waals surface area contributed by atoms with Crippen LogP contribution in [0, 0.1) is 0 Å². The summed E-state index contributed by atoms with van der Waals surface area (Å²) in [6.45, 7) is 0.454. The summed E-state index contributed by atoms with van der Waals surface area (Å²) in [5.41, 5.74) is 3.09. The molecule has 1 fully saturated rings. The number of benzodiazepines with no additional fused rings is 1. The lowest BCUT2D eigenvalue weighted by atomic mass is 9.99. The smallest absolute Gasteiger partial charge is 0.317 e. The fraction of sp³-hybridized carbons (Fsp3) is 0.227. The van der Waals surface area contributed by atoms with Crippen LogP contribution < -0.4 is 16.0 Å². The van der Waals surface area contributed by atoms with Crippen LogP contribution in [0.25, 0.3) is 0 Å². The molecule has 31 heavy (non-hydrogen) atoms. The highest BCUT2D eigenvalue weighted by Gasteiger charge is 2.28. The van der Waals surface area contributed by atoms with Crippen LogP contribution in [-0.4, -0.2) is 40.4 Å². The molecule has 156 valence electrons. The van der Waals surface area contributed by atoms with Crippen molar-refractivity contribution in [1.29, 1.82) is 0 Å². The fourth-order valence-electron chi connectivity index (χ4n) is 3.70. The van der Waals surface area contributed by atoms with Gasteiger partial charge >= 0.3 is 6.01 Å². The number of hydrogen-bond acceptors (Lipinski definition) is 7. The van der Waals surface area contributed by atoms with Crippen LogP contribution in [0.5, 0.6) is 0 Å². The monoisotopic (exact) mass is 416 g/mol. The normalized spacial score (nSPS) is 20.7. The molecule has 9 nitrogen and oxygen atoms in total. The van der Waals surface area contributed by atoms with E-state index in [1.165, 1.54) is 0 Å². The Labute approximate surface area is 178 Å². The van der Waals surface area contributed by atoms with Crippen LogP contribution in [0.1, 0.15) is 35.8 Å². The highest BCUT2D eigenvalue weighted by atomic mass is 16.4. The van der Waals surface area contributed by atoms with E-state index in [2.05, 4.69) is 26.1 Å². The molecule has 3 N–H and O–H groups in total. The summed E-state index contributed by atoms with van der Waals surface area (Å²) in [4.78, 5) is 29.0. The maximum Gasteiger partial charge on any atom is 0.317 e. The number of para-hydroxylation sites is 1. The van der Waals surface area contributed by atoms with E-state index in [0.29, 0.717) is 36.7 Å². The van der Waals surface area contributed by atoms with E-state index in [-0.39, 0.29) is 23.7 Å². The molecular formula is C22H20N6O3. The van der Waals surface area contributed by atoms with E-state index in [1.807, 2.05) is 54.6 Å². The van der Waals surface area contributed by atoms with Crippen molar-refractivity contribution in [2.45, 2.75) is 24.9 Å². The van der Waals surface area contributed by atoms with Gasteiger partial charge in [-0.05, 0) is 12.5 Å². The molecule has 1 aromatic heterocycles. The Morgan fingerprint density at radius 3 is 2.61 bits per heavy atom. The molecule has 2 aliphatic rings. The Morgan fingerprint density at radius 1 is 1.00 bits per heavy atom. The van der Waals surface area contributed by atoms with Crippen LogP contribution in [-0.2, 0) is 9.59 Å². The first-order valence-corrected chi connectivity index (χ1v) is 10.1. The van der Waals surface area contributed by atoms with Crippen molar-refractivity contribution in [2.24, 2.45) is 4.99 Å². The summed E-state index contributed by atoms with van der Waals surface area (Å²) in [6, 6.07) is 17.3. The number of nitrogens with one attached hydrogen (secondary N) is 3. The third-order valence-corrected chi connectivity index (χ3v) is 5.31. The number of aromatic nitrogens is 2. The standard InChI is InChI=1S/C22H20N6O3/c29-17-11-10-14(12-23-17)21-27-28-22(31-21)26-19-20(30)24-16-9-5-4-8-15(16)18(25-19)13-6-2-1-3-7-13/h1-9,14,19H,10-12H2,(H,23,29)(H,24,30)(H,26,28). The SMILES string of the molecule is O=C1CCC(c2nnc(NC3N=C(c4ccccc4)c4ccccc4NC3=O)o2)CN1. The molecule has 3 aromatic rings. The zero-order chi connectivity index (χ0) is 21.2. The third kappa shape index (κ3) is 3.89. The van der Waals surface area contributed by atoms with Crippen molar-refractivity contribution >= 4 is 29.2 Å². The molecule has 2 atom stereocenters. The second-order valence-electron chi connectivity index (χ2n) is 7.41. The number of anilines is 2. The lowest BCUT2D eigenvalue weighted by Crippen LogP contribution is -2.33. The maximum atomic E-state index is 12.9. The molecule has 0 bridgehead atoms. The number of rotatable bonds is 4. The number of carbonyl (C=O) groups excluding carboxylic acids is 2. The quantitative estimate of drug-likeness (QED) is 0.600. The minimum atomic E-state index is -0.957. The van der Waals surface area contributed by atoms with E-state index >= 15 is 0 Å². The number of hydrogen-bond donors (Lipinski definition) is 3. The molecule has 0 radical (unpaired) electrons. The predicted molar refractivity (Wildman–Crippen MR) is 114 cm³/mol. The lowest BCUT2D eigenvalue weighted by Gasteiger charge is -2.18. The largest absolute Gasteiger partial charge is 0.408 e.